The highest BCUT2D eigenvalue weighted by Crippen LogP contribution is 2.54. The highest BCUT2D eigenvalue weighted by molar-refractivity contribution is 5.87. The number of fused-ring (bicyclic) bond motifs is 2. The molecule has 0 bridgehead atoms. The summed E-state index contributed by atoms with van der Waals surface area (Å²) in [5, 5.41) is 9.03. The van der Waals surface area contributed by atoms with Crippen LogP contribution in [0.5, 0.6) is 0 Å². The third-order valence-electron chi connectivity index (χ3n) is 6.33. The van der Waals surface area contributed by atoms with E-state index in [0.717, 1.165) is 25.7 Å². The van der Waals surface area contributed by atoms with Gasteiger partial charge in [0.05, 0.1) is 5.56 Å². The number of hydrogen-bond donors (Lipinski definition) is 1. The van der Waals surface area contributed by atoms with Crippen LogP contribution in [0.2, 0.25) is 0 Å². The molecule has 124 valence electrons. The lowest BCUT2D eigenvalue weighted by Gasteiger charge is -2.37. The molecule has 4 rings (SSSR count). The summed E-state index contributed by atoms with van der Waals surface area (Å²) in [5.41, 5.74) is 2.07. The summed E-state index contributed by atoms with van der Waals surface area (Å²) in [4.78, 5) is 13.7. The van der Waals surface area contributed by atoms with Crippen molar-refractivity contribution in [1.82, 2.24) is 4.90 Å². The molecule has 1 N–H and O–H groups in total. The van der Waals surface area contributed by atoms with Crippen LogP contribution in [0, 0.1) is 11.3 Å². The fraction of sp³-hybridized carbons (Fsp3) is 0.632. The Kier molecular flexibility index (Phi) is 3.90. The first-order valence-electron chi connectivity index (χ1n) is 8.82. The minimum absolute atomic E-state index is 0.370. The highest BCUT2D eigenvalue weighted by Gasteiger charge is 2.53. The topological polar surface area (TPSA) is 49.8 Å². The molecule has 1 aromatic rings. The molecule has 23 heavy (non-hydrogen) atoms. The average molecular weight is 315 g/mol. The van der Waals surface area contributed by atoms with Crippen molar-refractivity contribution in [2.45, 2.75) is 44.7 Å². The van der Waals surface area contributed by atoms with Gasteiger partial charge in [-0.05, 0) is 54.7 Å². The van der Waals surface area contributed by atoms with Crippen molar-refractivity contribution in [1.29, 1.82) is 0 Å². The molecule has 4 nitrogen and oxygen atoms in total. The molecule has 4 heteroatoms. The second kappa shape index (κ2) is 5.91. The predicted molar refractivity (Wildman–Crippen MR) is 87.4 cm³/mol. The molecule has 0 aromatic heterocycles. The number of likely N-dealkylation sites (tertiary alicyclic amines) is 1. The first-order valence-corrected chi connectivity index (χ1v) is 8.82. The Morgan fingerprint density at radius 3 is 2.65 bits per heavy atom. The van der Waals surface area contributed by atoms with Gasteiger partial charge in [-0.1, -0.05) is 18.6 Å². The van der Waals surface area contributed by atoms with Crippen molar-refractivity contribution in [3.05, 3.63) is 35.4 Å². The molecule has 0 radical (unpaired) electrons. The van der Waals surface area contributed by atoms with E-state index < -0.39 is 5.97 Å². The van der Waals surface area contributed by atoms with Gasteiger partial charge in [0.1, 0.15) is 0 Å². The van der Waals surface area contributed by atoms with Gasteiger partial charge in [0.2, 0.25) is 0 Å². The number of benzene rings is 1. The van der Waals surface area contributed by atoms with E-state index in [-0.39, 0.29) is 0 Å². The molecule has 1 spiro atoms. The SMILES string of the molecule is O=C(O)c1ccc(CN2CC3(CCOCC3)[C@@H]3CCC[C@@H]32)cc1. The number of carboxylic acid groups (broad SMARTS) is 1. The lowest BCUT2D eigenvalue weighted by atomic mass is 9.71. The zero-order valence-electron chi connectivity index (χ0n) is 13.5. The second-order valence-corrected chi connectivity index (χ2v) is 7.49. The quantitative estimate of drug-likeness (QED) is 0.931. The Bertz CT molecular complexity index is 577. The number of aromatic carboxylic acids is 1. The van der Waals surface area contributed by atoms with E-state index in [1.807, 2.05) is 12.1 Å². The van der Waals surface area contributed by atoms with E-state index in [1.54, 1.807) is 12.1 Å². The Labute approximate surface area is 137 Å². The molecule has 0 amide bonds. The summed E-state index contributed by atoms with van der Waals surface area (Å²) < 4.78 is 5.62. The first-order chi connectivity index (χ1) is 11.2. The van der Waals surface area contributed by atoms with E-state index in [4.69, 9.17) is 9.84 Å². The summed E-state index contributed by atoms with van der Waals surface area (Å²) in [6.45, 7) is 3.98. The Balaban J connectivity index is 1.51. The number of carboxylic acids is 1. The number of carbonyl (C=O) groups is 1. The van der Waals surface area contributed by atoms with Crippen molar-refractivity contribution >= 4 is 5.97 Å². The summed E-state index contributed by atoms with van der Waals surface area (Å²) in [6.07, 6.45) is 6.47. The van der Waals surface area contributed by atoms with Crippen molar-refractivity contribution in [3.8, 4) is 0 Å². The Hall–Kier alpha value is -1.39. The van der Waals surface area contributed by atoms with E-state index in [2.05, 4.69) is 4.90 Å². The zero-order chi connectivity index (χ0) is 15.9. The molecular weight excluding hydrogens is 290 g/mol. The second-order valence-electron chi connectivity index (χ2n) is 7.49. The van der Waals surface area contributed by atoms with Gasteiger partial charge >= 0.3 is 5.97 Å². The highest BCUT2D eigenvalue weighted by atomic mass is 16.5. The third kappa shape index (κ3) is 2.68. The van der Waals surface area contributed by atoms with Crippen LogP contribution in [-0.4, -0.2) is 41.8 Å². The maximum atomic E-state index is 11.0. The minimum Gasteiger partial charge on any atom is -0.478 e. The predicted octanol–water partition coefficient (Wildman–Crippen LogP) is 3.17. The van der Waals surface area contributed by atoms with Gasteiger partial charge in [-0.25, -0.2) is 4.79 Å². The van der Waals surface area contributed by atoms with Crippen LogP contribution in [0.15, 0.2) is 24.3 Å². The van der Waals surface area contributed by atoms with E-state index in [0.29, 0.717) is 17.0 Å². The smallest absolute Gasteiger partial charge is 0.335 e. The number of rotatable bonds is 3. The van der Waals surface area contributed by atoms with Crippen molar-refractivity contribution in [2.24, 2.45) is 11.3 Å². The third-order valence-corrected chi connectivity index (χ3v) is 6.33. The van der Waals surface area contributed by atoms with E-state index in [1.165, 1.54) is 44.2 Å². The summed E-state index contributed by atoms with van der Waals surface area (Å²) in [5.74, 6) is -0.0144. The maximum Gasteiger partial charge on any atom is 0.335 e. The molecule has 1 aliphatic carbocycles. The number of nitrogens with zero attached hydrogens (tertiary/aromatic N) is 1. The van der Waals surface area contributed by atoms with Gasteiger partial charge in [0.25, 0.3) is 0 Å². The standard InChI is InChI=1S/C19H25NO3/c21-18(22)15-6-4-14(5-7-15)12-20-13-19(8-10-23-11-9-19)16-2-1-3-17(16)20/h4-7,16-17H,1-3,8-13H2,(H,21,22)/t16-,17+/m1/s1. The first kappa shape index (κ1) is 15.2. The molecule has 2 aliphatic heterocycles. The Morgan fingerprint density at radius 2 is 1.96 bits per heavy atom. The van der Waals surface area contributed by atoms with Crippen LogP contribution in [-0.2, 0) is 11.3 Å². The summed E-state index contributed by atoms with van der Waals surface area (Å²) in [7, 11) is 0. The molecule has 0 unspecified atom stereocenters. The van der Waals surface area contributed by atoms with Gasteiger partial charge in [0.15, 0.2) is 0 Å². The summed E-state index contributed by atoms with van der Waals surface area (Å²) in [6, 6.07) is 8.12. The van der Waals surface area contributed by atoms with Crippen molar-refractivity contribution in [2.75, 3.05) is 19.8 Å². The largest absolute Gasteiger partial charge is 0.478 e. The molecule has 1 saturated carbocycles. The maximum absolute atomic E-state index is 11.0. The fourth-order valence-corrected chi connectivity index (χ4v) is 5.20. The molecule has 2 saturated heterocycles. The molecule has 2 atom stereocenters. The van der Waals surface area contributed by atoms with Crippen LogP contribution in [0.25, 0.3) is 0 Å². The van der Waals surface area contributed by atoms with Crippen LogP contribution in [0.3, 0.4) is 0 Å². The monoisotopic (exact) mass is 315 g/mol. The molecule has 1 aromatic carbocycles. The van der Waals surface area contributed by atoms with Crippen LogP contribution >= 0.6 is 0 Å². The average Bonchev–Trinajstić information content (AvgIpc) is 3.14. The molecule has 3 aliphatic rings. The van der Waals surface area contributed by atoms with E-state index in [9.17, 15) is 4.79 Å². The van der Waals surface area contributed by atoms with Crippen LogP contribution in [0.4, 0.5) is 0 Å². The van der Waals surface area contributed by atoms with Gasteiger partial charge in [-0.15, -0.1) is 0 Å². The van der Waals surface area contributed by atoms with Crippen LogP contribution in [0.1, 0.15) is 48.0 Å². The normalized spacial score (nSPS) is 29.7. The number of hydrogen-bond acceptors (Lipinski definition) is 3. The molecular formula is C19H25NO3. The minimum atomic E-state index is -0.852. The van der Waals surface area contributed by atoms with E-state index >= 15 is 0 Å². The lowest BCUT2D eigenvalue weighted by molar-refractivity contribution is -0.00133. The number of ether oxygens (including phenoxy) is 1. The molecule has 3 fully saturated rings. The van der Waals surface area contributed by atoms with Gasteiger partial charge in [-0.2, -0.15) is 0 Å². The Morgan fingerprint density at radius 1 is 1.22 bits per heavy atom. The fourth-order valence-electron chi connectivity index (χ4n) is 5.20. The van der Waals surface area contributed by atoms with Crippen molar-refractivity contribution in [3.63, 3.8) is 0 Å². The lowest BCUT2D eigenvalue weighted by Crippen LogP contribution is -2.36. The van der Waals surface area contributed by atoms with Gasteiger partial charge in [0, 0.05) is 32.3 Å². The van der Waals surface area contributed by atoms with Gasteiger partial charge < -0.3 is 9.84 Å². The van der Waals surface area contributed by atoms with Crippen molar-refractivity contribution < 1.29 is 14.6 Å². The summed E-state index contributed by atoms with van der Waals surface area (Å²) >= 11 is 0. The van der Waals surface area contributed by atoms with Gasteiger partial charge in [-0.3, -0.25) is 4.90 Å². The zero-order valence-corrected chi connectivity index (χ0v) is 13.5. The van der Waals surface area contributed by atoms with Crippen LogP contribution < -0.4 is 0 Å². The molecule has 2 heterocycles.